The van der Waals surface area contributed by atoms with Crippen molar-refractivity contribution in [2.75, 3.05) is 16.0 Å². The summed E-state index contributed by atoms with van der Waals surface area (Å²) in [4.78, 5) is 36.3. The van der Waals surface area contributed by atoms with E-state index in [9.17, 15) is 22.8 Å². The molecule has 1 aliphatic heterocycles. The highest BCUT2D eigenvalue weighted by Crippen LogP contribution is 2.36. The first kappa shape index (κ1) is 24.7. The molecule has 4 rings (SSSR count). The molecule has 14 heteroatoms. The van der Waals surface area contributed by atoms with Crippen LogP contribution in [0.2, 0.25) is 5.02 Å². The molecule has 0 bridgehead atoms. The molecule has 3 N–H and O–H groups in total. The van der Waals surface area contributed by atoms with Crippen LogP contribution in [0.5, 0.6) is 0 Å². The van der Waals surface area contributed by atoms with Crippen molar-refractivity contribution < 1.29 is 22.8 Å². The van der Waals surface area contributed by atoms with Crippen LogP contribution in [0.4, 0.5) is 35.3 Å². The van der Waals surface area contributed by atoms with Gasteiger partial charge in [-0.1, -0.05) is 17.7 Å². The molecule has 0 radical (unpaired) electrons. The summed E-state index contributed by atoms with van der Waals surface area (Å²) in [6, 6.07) is 7.18. The molecule has 0 aliphatic carbocycles. The topological polar surface area (TPSA) is 134 Å². The molecule has 3 amide bonds. The van der Waals surface area contributed by atoms with Crippen molar-refractivity contribution in [2.24, 2.45) is 10.2 Å². The lowest BCUT2D eigenvalue weighted by atomic mass is 10.2. The summed E-state index contributed by atoms with van der Waals surface area (Å²) in [7, 11) is 0. The SMILES string of the molecule is Cc1cc(NC2=CC(=O)N=N2)nc(Cc2ccc(NC(=O)Nc3ccc(Cl)c(C(F)(F)F)c3)nc2)n1. The molecule has 0 fully saturated rings. The van der Waals surface area contributed by atoms with E-state index in [0.29, 0.717) is 23.8 Å². The summed E-state index contributed by atoms with van der Waals surface area (Å²) in [5, 5.41) is 14.3. The Morgan fingerprint density at radius 2 is 1.83 bits per heavy atom. The first-order chi connectivity index (χ1) is 17.0. The number of halogens is 4. The van der Waals surface area contributed by atoms with Gasteiger partial charge in [0.1, 0.15) is 17.5 Å². The summed E-state index contributed by atoms with van der Waals surface area (Å²) in [6.07, 6.45) is -1.59. The fourth-order valence-electron chi connectivity index (χ4n) is 3.13. The van der Waals surface area contributed by atoms with E-state index < -0.39 is 28.7 Å². The van der Waals surface area contributed by atoms with Crippen LogP contribution in [0, 0.1) is 6.92 Å². The van der Waals surface area contributed by atoms with Crippen molar-refractivity contribution in [2.45, 2.75) is 19.5 Å². The lowest BCUT2D eigenvalue weighted by Crippen LogP contribution is -2.20. The van der Waals surface area contributed by atoms with Crippen LogP contribution < -0.4 is 16.0 Å². The zero-order valence-electron chi connectivity index (χ0n) is 18.4. The normalized spacial score (nSPS) is 12.9. The second-order valence-electron chi connectivity index (χ2n) is 7.50. The van der Waals surface area contributed by atoms with Crippen molar-refractivity contribution in [3.8, 4) is 0 Å². The molecule has 0 spiro atoms. The number of carbonyl (C=O) groups excluding carboxylic acids is 2. The molecule has 2 aromatic heterocycles. The van der Waals surface area contributed by atoms with Crippen LogP contribution in [-0.4, -0.2) is 26.9 Å². The zero-order valence-corrected chi connectivity index (χ0v) is 19.1. The quantitative estimate of drug-likeness (QED) is 0.405. The summed E-state index contributed by atoms with van der Waals surface area (Å²) in [5.41, 5.74) is 0.281. The molecule has 0 unspecified atom stereocenters. The van der Waals surface area contributed by atoms with Gasteiger partial charge in [-0.3, -0.25) is 10.1 Å². The van der Waals surface area contributed by atoms with Crippen LogP contribution in [0.15, 0.2) is 64.7 Å². The van der Waals surface area contributed by atoms with Crippen LogP contribution in [0.1, 0.15) is 22.6 Å². The summed E-state index contributed by atoms with van der Waals surface area (Å²) < 4.78 is 39.0. The molecule has 1 aliphatic rings. The molecule has 0 atom stereocenters. The van der Waals surface area contributed by atoms with Gasteiger partial charge >= 0.3 is 12.2 Å². The van der Waals surface area contributed by atoms with Crippen LogP contribution in [0.25, 0.3) is 0 Å². The second kappa shape index (κ2) is 10.1. The number of hydrogen-bond acceptors (Lipinski definition) is 7. The van der Waals surface area contributed by atoms with Gasteiger partial charge in [0.2, 0.25) is 0 Å². The van der Waals surface area contributed by atoms with Crippen molar-refractivity contribution in [3.05, 3.63) is 82.2 Å². The zero-order chi connectivity index (χ0) is 25.9. The smallest absolute Gasteiger partial charge is 0.323 e. The van der Waals surface area contributed by atoms with Gasteiger partial charge in [-0.15, -0.1) is 10.2 Å². The minimum Gasteiger partial charge on any atom is -0.323 e. The average molecular weight is 517 g/mol. The van der Waals surface area contributed by atoms with Gasteiger partial charge in [0, 0.05) is 30.1 Å². The Balaban J connectivity index is 1.38. The molecular weight excluding hydrogens is 501 g/mol. The number of rotatable bonds is 6. The van der Waals surface area contributed by atoms with E-state index in [1.165, 1.54) is 24.4 Å². The number of urea groups is 1. The van der Waals surface area contributed by atoms with E-state index in [0.717, 1.165) is 17.7 Å². The molecular formula is C22H16ClF3N8O2. The molecule has 3 aromatic rings. The Morgan fingerprint density at radius 3 is 2.50 bits per heavy atom. The van der Waals surface area contributed by atoms with E-state index in [4.69, 9.17) is 11.6 Å². The molecule has 0 saturated carbocycles. The number of nitrogens with one attached hydrogen (secondary N) is 3. The highest BCUT2D eigenvalue weighted by atomic mass is 35.5. The Bertz CT molecular complexity index is 1390. The lowest BCUT2D eigenvalue weighted by molar-refractivity contribution is -0.137. The first-order valence-electron chi connectivity index (χ1n) is 10.2. The van der Waals surface area contributed by atoms with Crippen LogP contribution in [0.3, 0.4) is 0 Å². The number of pyridine rings is 1. The monoisotopic (exact) mass is 516 g/mol. The standard InChI is InChI=1S/C22H16ClF3N8O2/c1-11-6-17(31-19-9-20(35)34-33-19)30-18(28-11)7-12-2-5-16(27-10-12)32-21(36)29-13-3-4-15(23)14(8-13)22(24,25)26/h2-6,8-10H,7H2,1H3,(H,28,30,31)(H2,27,29,32,36). The minimum atomic E-state index is -4.65. The maximum Gasteiger partial charge on any atom is 0.417 e. The molecule has 184 valence electrons. The number of amides is 3. The number of aromatic nitrogens is 3. The van der Waals surface area contributed by atoms with E-state index in [1.807, 2.05) is 0 Å². The molecule has 1 aromatic carbocycles. The third-order valence-corrected chi connectivity index (χ3v) is 4.96. The number of anilines is 3. The number of benzene rings is 1. The predicted molar refractivity (Wildman–Crippen MR) is 124 cm³/mol. The van der Waals surface area contributed by atoms with Crippen LogP contribution in [-0.2, 0) is 17.4 Å². The Kier molecular flexibility index (Phi) is 6.92. The number of aryl methyl sites for hydroxylation is 1. The fraction of sp³-hybridized carbons (Fsp3) is 0.136. The molecule has 3 heterocycles. The lowest BCUT2D eigenvalue weighted by Gasteiger charge is -2.12. The molecule has 10 nitrogen and oxygen atoms in total. The number of hydrogen-bond donors (Lipinski definition) is 3. The number of alkyl halides is 3. The molecule has 0 saturated heterocycles. The van der Waals surface area contributed by atoms with Gasteiger partial charge in [-0.25, -0.2) is 19.7 Å². The van der Waals surface area contributed by atoms with Gasteiger partial charge in [0.15, 0.2) is 5.82 Å². The number of carbonyl (C=O) groups is 2. The Labute approximate surface area is 206 Å². The van der Waals surface area contributed by atoms with E-state index >= 15 is 0 Å². The number of azo groups is 1. The second-order valence-corrected chi connectivity index (χ2v) is 7.91. The fourth-order valence-corrected chi connectivity index (χ4v) is 3.35. The first-order valence-corrected chi connectivity index (χ1v) is 10.6. The van der Waals surface area contributed by atoms with Crippen molar-refractivity contribution in [1.29, 1.82) is 0 Å². The predicted octanol–water partition coefficient (Wildman–Crippen LogP) is 5.33. The highest BCUT2D eigenvalue weighted by molar-refractivity contribution is 6.31. The third-order valence-electron chi connectivity index (χ3n) is 4.63. The minimum absolute atomic E-state index is 0.0824. The maximum atomic E-state index is 13.0. The van der Waals surface area contributed by atoms with E-state index in [-0.39, 0.29) is 17.3 Å². The Morgan fingerprint density at radius 1 is 1.03 bits per heavy atom. The summed E-state index contributed by atoms with van der Waals surface area (Å²) in [6.45, 7) is 1.79. The van der Waals surface area contributed by atoms with E-state index in [2.05, 4.69) is 41.1 Å². The Hall–Kier alpha value is -4.39. The maximum absolute atomic E-state index is 13.0. The van der Waals surface area contributed by atoms with Crippen molar-refractivity contribution in [3.63, 3.8) is 0 Å². The largest absolute Gasteiger partial charge is 0.417 e. The van der Waals surface area contributed by atoms with Gasteiger partial charge in [0.25, 0.3) is 5.91 Å². The average Bonchev–Trinajstić information content (AvgIpc) is 3.19. The summed E-state index contributed by atoms with van der Waals surface area (Å²) >= 11 is 5.59. The number of nitrogens with zero attached hydrogens (tertiary/aromatic N) is 5. The van der Waals surface area contributed by atoms with Gasteiger partial charge in [0.05, 0.1) is 16.7 Å². The third kappa shape index (κ3) is 6.39. The van der Waals surface area contributed by atoms with Crippen molar-refractivity contribution >= 4 is 40.9 Å². The van der Waals surface area contributed by atoms with E-state index in [1.54, 1.807) is 19.1 Å². The van der Waals surface area contributed by atoms with Gasteiger partial charge < -0.3 is 10.6 Å². The van der Waals surface area contributed by atoms with Gasteiger partial charge in [-0.2, -0.15) is 13.2 Å². The van der Waals surface area contributed by atoms with Gasteiger partial charge in [-0.05, 0) is 36.8 Å². The molecule has 36 heavy (non-hydrogen) atoms. The van der Waals surface area contributed by atoms with Crippen LogP contribution >= 0.6 is 11.6 Å². The highest BCUT2D eigenvalue weighted by Gasteiger charge is 2.33. The van der Waals surface area contributed by atoms with Crippen molar-refractivity contribution in [1.82, 2.24) is 15.0 Å². The summed E-state index contributed by atoms with van der Waals surface area (Å²) in [5.74, 6) is 0.903.